The van der Waals surface area contributed by atoms with Crippen LogP contribution in [0, 0.1) is 5.92 Å². The van der Waals surface area contributed by atoms with Crippen LogP contribution in [-0.4, -0.2) is 24.6 Å². The van der Waals surface area contributed by atoms with Crippen molar-refractivity contribution in [1.82, 2.24) is 10.3 Å². The van der Waals surface area contributed by atoms with Crippen LogP contribution >= 0.6 is 0 Å². The molecule has 0 unspecified atom stereocenters. The van der Waals surface area contributed by atoms with Gasteiger partial charge in [0.25, 0.3) is 6.01 Å². The Bertz CT molecular complexity index is 333. The van der Waals surface area contributed by atoms with Crippen LogP contribution in [0.2, 0.25) is 0 Å². The van der Waals surface area contributed by atoms with Crippen molar-refractivity contribution in [3.05, 3.63) is 12.0 Å². The largest absolute Gasteiger partial charge is 0.432 e. The Morgan fingerprint density at radius 3 is 2.88 bits per heavy atom. The molecule has 0 radical (unpaired) electrons. The van der Waals surface area contributed by atoms with Crippen molar-refractivity contribution in [3.8, 4) is 0 Å². The molecule has 0 amide bonds. The summed E-state index contributed by atoms with van der Waals surface area (Å²) in [5, 5.41) is 3.26. The number of hydrogen-bond donors (Lipinski definition) is 1. The SMILES string of the molecule is CCNCc1coc(N(CC)CC2CCC2)n1. The van der Waals surface area contributed by atoms with E-state index in [9.17, 15) is 0 Å². The average molecular weight is 237 g/mol. The molecule has 1 N–H and O–H groups in total. The van der Waals surface area contributed by atoms with Crippen molar-refractivity contribution in [1.29, 1.82) is 0 Å². The van der Waals surface area contributed by atoms with Gasteiger partial charge in [0.05, 0.1) is 5.69 Å². The minimum absolute atomic E-state index is 0.785. The highest BCUT2D eigenvalue weighted by atomic mass is 16.4. The summed E-state index contributed by atoms with van der Waals surface area (Å²) in [6.07, 6.45) is 5.88. The number of aromatic nitrogens is 1. The van der Waals surface area contributed by atoms with Crippen LogP contribution in [0.25, 0.3) is 0 Å². The van der Waals surface area contributed by atoms with E-state index < -0.39 is 0 Å². The van der Waals surface area contributed by atoms with Crippen molar-refractivity contribution in [2.75, 3.05) is 24.5 Å². The molecule has 1 aliphatic carbocycles. The summed E-state index contributed by atoms with van der Waals surface area (Å²) in [6.45, 7) is 8.07. The number of hydrogen-bond acceptors (Lipinski definition) is 4. The first-order valence-electron chi connectivity index (χ1n) is 6.73. The highest BCUT2D eigenvalue weighted by Crippen LogP contribution is 2.28. The van der Waals surface area contributed by atoms with Crippen molar-refractivity contribution in [3.63, 3.8) is 0 Å². The Balaban J connectivity index is 1.90. The molecule has 1 aliphatic rings. The fourth-order valence-electron chi connectivity index (χ4n) is 2.11. The van der Waals surface area contributed by atoms with Gasteiger partial charge in [-0.05, 0) is 32.2 Å². The molecule has 96 valence electrons. The van der Waals surface area contributed by atoms with Gasteiger partial charge in [-0.15, -0.1) is 0 Å². The van der Waals surface area contributed by atoms with Crippen LogP contribution < -0.4 is 10.2 Å². The van der Waals surface area contributed by atoms with Gasteiger partial charge in [0.15, 0.2) is 0 Å². The van der Waals surface area contributed by atoms with Crippen LogP contribution in [0.4, 0.5) is 6.01 Å². The number of anilines is 1. The zero-order chi connectivity index (χ0) is 12.1. The lowest BCUT2D eigenvalue weighted by atomic mass is 9.85. The molecular weight excluding hydrogens is 214 g/mol. The van der Waals surface area contributed by atoms with E-state index in [1.165, 1.54) is 19.3 Å². The van der Waals surface area contributed by atoms with E-state index >= 15 is 0 Å². The van der Waals surface area contributed by atoms with E-state index in [1.54, 1.807) is 6.26 Å². The third-order valence-corrected chi connectivity index (χ3v) is 3.45. The Kier molecular flexibility index (Phi) is 4.42. The molecule has 1 aromatic heterocycles. The summed E-state index contributed by atoms with van der Waals surface area (Å²) in [4.78, 5) is 6.78. The maximum Gasteiger partial charge on any atom is 0.297 e. The molecule has 4 nitrogen and oxygen atoms in total. The molecule has 1 fully saturated rings. The van der Waals surface area contributed by atoms with Gasteiger partial charge in [0.2, 0.25) is 0 Å². The summed E-state index contributed by atoms with van der Waals surface area (Å²) < 4.78 is 5.56. The first kappa shape index (κ1) is 12.4. The summed E-state index contributed by atoms with van der Waals surface area (Å²) in [5.41, 5.74) is 0.994. The summed E-state index contributed by atoms with van der Waals surface area (Å²) in [5.74, 6) is 0.846. The lowest BCUT2D eigenvalue weighted by Gasteiger charge is -2.30. The highest BCUT2D eigenvalue weighted by Gasteiger charge is 2.22. The molecule has 0 saturated heterocycles. The molecule has 0 spiro atoms. The third kappa shape index (κ3) is 3.22. The second-order valence-corrected chi connectivity index (χ2v) is 4.74. The zero-order valence-corrected chi connectivity index (χ0v) is 10.9. The van der Waals surface area contributed by atoms with E-state index in [2.05, 4.69) is 29.0 Å². The number of oxazole rings is 1. The van der Waals surface area contributed by atoms with Gasteiger partial charge in [-0.25, -0.2) is 0 Å². The van der Waals surface area contributed by atoms with Gasteiger partial charge < -0.3 is 14.6 Å². The van der Waals surface area contributed by atoms with Gasteiger partial charge in [0, 0.05) is 19.6 Å². The van der Waals surface area contributed by atoms with Crippen LogP contribution in [0.15, 0.2) is 10.7 Å². The first-order chi connectivity index (χ1) is 8.33. The van der Waals surface area contributed by atoms with Crippen molar-refractivity contribution < 1.29 is 4.42 Å². The van der Waals surface area contributed by atoms with Gasteiger partial charge in [-0.1, -0.05) is 13.3 Å². The van der Waals surface area contributed by atoms with Gasteiger partial charge >= 0.3 is 0 Å². The number of nitrogens with zero attached hydrogens (tertiary/aromatic N) is 2. The molecule has 2 rings (SSSR count). The number of nitrogens with one attached hydrogen (secondary N) is 1. The average Bonchev–Trinajstić information content (AvgIpc) is 2.74. The van der Waals surface area contributed by atoms with Crippen molar-refractivity contribution >= 4 is 6.01 Å². The van der Waals surface area contributed by atoms with Crippen molar-refractivity contribution in [2.24, 2.45) is 5.92 Å². The zero-order valence-electron chi connectivity index (χ0n) is 10.9. The van der Waals surface area contributed by atoms with Gasteiger partial charge in [-0.2, -0.15) is 4.98 Å². The van der Waals surface area contributed by atoms with Crippen LogP contribution in [0.3, 0.4) is 0 Å². The molecule has 0 aromatic carbocycles. The lowest BCUT2D eigenvalue weighted by molar-refractivity contribution is 0.313. The van der Waals surface area contributed by atoms with Crippen LogP contribution in [-0.2, 0) is 6.54 Å². The molecule has 1 heterocycles. The van der Waals surface area contributed by atoms with Crippen molar-refractivity contribution in [2.45, 2.75) is 39.7 Å². The molecule has 4 heteroatoms. The molecule has 0 atom stereocenters. The lowest BCUT2D eigenvalue weighted by Crippen LogP contribution is -2.32. The van der Waals surface area contributed by atoms with E-state index in [0.717, 1.165) is 43.8 Å². The summed E-state index contributed by atoms with van der Waals surface area (Å²) in [6, 6.07) is 0.785. The molecule has 17 heavy (non-hydrogen) atoms. The van der Waals surface area contributed by atoms with E-state index in [1.807, 2.05) is 0 Å². The Morgan fingerprint density at radius 1 is 1.47 bits per heavy atom. The van der Waals surface area contributed by atoms with Gasteiger partial charge in [-0.3, -0.25) is 0 Å². The van der Waals surface area contributed by atoms with E-state index in [4.69, 9.17) is 4.42 Å². The smallest absolute Gasteiger partial charge is 0.297 e. The maximum atomic E-state index is 5.56. The van der Waals surface area contributed by atoms with Crippen LogP contribution in [0.1, 0.15) is 38.8 Å². The fraction of sp³-hybridized carbons (Fsp3) is 0.769. The third-order valence-electron chi connectivity index (χ3n) is 3.45. The molecular formula is C13H23N3O. The molecule has 1 aromatic rings. The van der Waals surface area contributed by atoms with E-state index in [-0.39, 0.29) is 0 Å². The predicted molar refractivity (Wildman–Crippen MR) is 69.1 cm³/mol. The molecule has 0 aliphatic heterocycles. The maximum absolute atomic E-state index is 5.56. The normalized spacial score (nSPS) is 15.9. The van der Waals surface area contributed by atoms with E-state index in [0.29, 0.717) is 0 Å². The summed E-state index contributed by atoms with van der Waals surface area (Å²) in [7, 11) is 0. The van der Waals surface area contributed by atoms with Crippen LogP contribution in [0.5, 0.6) is 0 Å². The highest BCUT2D eigenvalue weighted by molar-refractivity contribution is 5.27. The second-order valence-electron chi connectivity index (χ2n) is 4.74. The summed E-state index contributed by atoms with van der Waals surface area (Å²) >= 11 is 0. The number of rotatable bonds is 7. The second kappa shape index (κ2) is 6.05. The first-order valence-corrected chi connectivity index (χ1v) is 6.73. The fourth-order valence-corrected chi connectivity index (χ4v) is 2.11. The Morgan fingerprint density at radius 2 is 2.29 bits per heavy atom. The van der Waals surface area contributed by atoms with Gasteiger partial charge in [0.1, 0.15) is 6.26 Å². The minimum Gasteiger partial charge on any atom is -0.432 e. The Hall–Kier alpha value is -1.03. The molecule has 0 bridgehead atoms. The monoisotopic (exact) mass is 237 g/mol. The topological polar surface area (TPSA) is 41.3 Å². The molecule has 1 saturated carbocycles. The predicted octanol–water partition coefficient (Wildman–Crippen LogP) is 2.41. The Labute approximate surface area is 103 Å². The minimum atomic E-state index is 0.785. The quantitative estimate of drug-likeness (QED) is 0.790. The standard InChI is InChI=1S/C13H23N3O/c1-3-14-8-12-10-17-13(15-12)16(4-2)9-11-6-5-7-11/h10-11,14H,3-9H2,1-2H3.